The summed E-state index contributed by atoms with van der Waals surface area (Å²) >= 11 is 0. The molecule has 95 valence electrons. The summed E-state index contributed by atoms with van der Waals surface area (Å²) in [5, 5.41) is 3.30. The smallest absolute Gasteiger partial charge is 0.332 e. The maximum absolute atomic E-state index is 5.94. The lowest BCUT2D eigenvalue weighted by atomic mass is 9.83. The molecule has 1 N–H and O–H groups in total. The van der Waals surface area contributed by atoms with Crippen LogP contribution in [0.3, 0.4) is 0 Å². The van der Waals surface area contributed by atoms with E-state index in [1.807, 2.05) is 13.7 Å². The summed E-state index contributed by atoms with van der Waals surface area (Å²) < 4.78 is 5.94. The number of rotatable bonds is 4. The van der Waals surface area contributed by atoms with Crippen molar-refractivity contribution in [2.75, 3.05) is 6.54 Å². The van der Waals surface area contributed by atoms with Gasteiger partial charge in [0.2, 0.25) is 0 Å². The van der Waals surface area contributed by atoms with Crippen molar-refractivity contribution in [1.29, 1.82) is 0 Å². The quantitative estimate of drug-likeness (QED) is 0.613. The van der Waals surface area contributed by atoms with Gasteiger partial charge >= 0.3 is 7.48 Å². The van der Waals surface area contributed by atoms with E-state index in [4.69, 9.17) is 4.65 Å². The van der Waals surface area contributed by atoms with Crippen LogP contribution in [0.15, 0.2) is 23.3 Å². The van der Waals surface area contributed by atoms with Crippen LogP contribution < -0.4 is 5.32 Å². The molecule has 0 aliphatic carbocycles. The maximum atomic E-state index is 5.94. The third-order valence-corrected chi connectivity index (χ3v) is 4.08. The predicted octanol–water partition coefficient (Wildman–Crippen LogP) is 2.84. The average molecular weight is 252 g/mol. The lowest BCUT2D eigenvalue weighted by Gasteiger charge is -2.39. The van der Waals surface area contributed by atoms with Gasteiger partial charge in [-0.05, 0) is 38.9 Å². The zero-order valence-corrected chi connectivity index (χ0v) is 12.8. The Bertz CT molecular complexity index is 329. The zero-order valence-electron chi connectivity index (χ0n) is 11.6. The SMILES string of the molecule is CC1=CC([B]OC(C)(C)C(C)(C)P)=CNCC1. The molecule has 1 heterocycles. The molecule has 4 heteroatoms. The van der Waals surface area contributed by atoms with Gasteiger partial charge in [-0.25, -0.2) is 0 Å². The van der Waals surface area contributed by atoms with Crippen molar-refractivity contribution in [2.45, 2.75) is 51.8 Å². The molecule has 0 amide bonds. The molecule has 1 aliphatic heterocycles. The van der Waals surface area contributed by atoms with E-state index in [9.17, 15) is 0 Å². The summed E-state index contributed by atoms with van der Waals surface area (Å²) in [4.78, 5) is 0. The molecule has 1 unspecified atom stereocenters. The van der Waals surface area contributed by atoms with Gasteiger partial charge in [0.05, 0.1) is 5.60 Å². The fourth-order valence-electron chi connectivity index (χ4n) is 1.29. The van der Waals surface area contributed by atoms with E-state index >= 15 is 0 Å². The van der Waals surface area contributed by atoms with Crippen LogP contribution in [0.1, 0.15) is 41.0 Å². The van der Waals surface area contributed by atoms with Crippen LogP contribution in [0.2, 0.25) is 0 Å². The lowest BCUT2D eigenvalue weighted by Crippen LogP contribution is -2.43. The van der Waals surface area contributed by atoms with E-state index in [2.05, 4.69) is 55.3 Å². The van der Waals surface area contributed by atoms with Gasteiger partial charge in [-0.1, -0.05) is 25.5 Å². The molecule has 0 fully saturated rings. The molecule has 0 aromatic heterocycles. The normalized spacial score (nSPS) is 17.8. The molecule has 17 heavy (non-hydrogen) atoms. The molecular weight excluding hydrogens is 228 g/mol. The van der Waals surface area contributed by atoms with Crippen molar-refractivity contribution in [3.8, 4) is 0 Å². The molecular formula is C13H24BNOP. The molecule has 1 aliphatic rings. The van der Waals surface area contributed by atoms with E-state index < -0.39 is 0 Å². The Morgan fingerprint density at radius 1 is 1.35 bits per heavy atom. The second-order valence-corrected chi connectivity index (χ2v) is 7.25. The summed E-state index contributed by atoms with van der Waals surface area (Å²) in [6.45, 7) is 11.7. The van der Waals surface area contributed by atoms with E-state index in [-0.39, 0.29) is 10.8 Å². The second-order valence-electron chi connectivity index (χ2n) is 5.81. The Balaban J connectivity index is 2.61. The molecule has 0 aromatic carbocycles. The molecule has 0 bridgehead atoms. The zero-order chi connectivity index (χ0) is 13.1. The predicted molar refractivity (Wildman–Crippen MR) is 79.2 cm³/mol. The number of nitrogens with one attached hydrogen (secondary N) is 1. The second kappa shape index (κ2) is 5.58. The number of allylic oxidation sites excluding steroid dienone is 2. The topological polar surface area (TPSA) is 21.3 Å². The highest BCUT2D eigenvalue weighted by Crippen LogP contribution is 2.33. The summed E-state index contributed by atoms with van der Waals surface area (Å²) in [5.41, 5.74) is 2.26. The number of hydrogen-bond donors (Lipinski definition) is 1. The first-order valence-corrected chi connectivity index (χ1v) is 6.71. The lowest BCUT2D eigenvalue weighted by molar-refractivity contribution is 0.0832. The van der Waals surface area contributed by atoms with Gasteiger partial charge in [0, 0.05) is 11.7 Å². The van der Waals surface area contributed by atoms with Gasteiger partial charge < -0.3 is 9.97 Å². The summed E-state index contributed by atoms with van der Waals surface area (Å²) in [5.74, 6) is 0. The molecule has 0 saturated heterocycles. The van der Waals surface area contributed by atoms with E-state index in [1.54, 1.807) is 0 Å². The Kier molecular flexibility index (Phi) is 4.86. The molecule has 1 atom stereocenters. The molecule has 0 aromatic rings. The Hall–Kier alpha value is -0.265. The minimum absolute atomic E-state index is 0.0287. The molecule has 1 radical (unpaired) electrons. The number of hydrogen-bond acceptors (Lipinski definition) is 2. The highest BCUT2D eigenvalue weighted by atomic mass is 31.0. The summed E-state index contributed by atoms with van der Waals surface area (Å²) in [6, 6.07) is 0. The van der Waals surface area contributed by atoms with E-state index in [0.717, 1.165) is 18.4 Å². The first-order chi connectivity index (χ1) is 7.72. The summed E-state index contributed by atoms with van der Waals surface area (Å²) in [7, 11) is 4.70. The molecule has 0 spiro atoms. The molecule has 2 nitrogen and oxygen atoms in total. The van der Waals surface area contributed by atoms with E-state index in [1.165, 1.54) is 5.57 Å². The first-order valence-electron chi connectivity index (χ1n) is 6.13. The Morgan fingerprint density at radius 3 is 2.59 bits per heavy atom. The Morgan fingerprint density at radius 2 is 2.00 bits per heavy atom. The van der Waals surface area contributed by atoms with Gasteiger partial charge in [-0.3, -0.25) is 0 Å². The first kappa shape index (κ1) is 14.8. The van der Waals surface area contributed by atoms with Crippen LogP contribution in [0.25, 0.3) is 0 Å². The summed E-state index contributed by atoms with van der Waals surface area (Å²) in [6.07, 6.45) is 5.28. The van der Waals surface area contributed by atoms with Crippen LogP contribution in [0.5, 0.6) is 0 Å². The van der Waals surface area contributed by atoms with Crippen molar-refractivity contribution in [3.63, 3.8) is 0 Å². The third kappa shape index (κ3) is 4.48. The van der Waals surface area contributed by atoms with Gasteiger partial charge in [-0.15, -0.1) is 9.24 Å². The fraction of sp³-hybridized carbons (Fsp3) is 0.692. The maximum Gasteiger partial charge on any atom is 0.332 e. The van der Waals surface area contributed by atoms with Gasteiger partial charge in [0.25, 0.3) is 0 Å². The molecule has 1 rings (SSSR count). The monoisotopic (exact) mass is 252 g/mol. The highest BCUT2D eigenvalue weighted by Gasteiger charge is 2.33. The Labute approximate surface area is 109 Å². The standard InChI is InChI=1S/C13H24BNOP/c1-10-6-7-15-9-11(8-10)14-16-12(2,3)13(4,5)17/h8-9,15H,6-7,17H2,1-5H3. The van der Waals surface area contributed by atoms with Crippen LogP contribution in [0, 0.1) is 0 Å². The fourth-order valence-corrected chi connectivity index (χ4v) is 1.36. The van der Waals surface area contributed by atoms with E-state index in [0.29, 0.717) is 0 Å². The third-order valence-electron chi connectivity index (χ3n) is 3.39. The van der Waals surface area contributed by atoms with Gasteiger partial charge in [0.15, 0.2) is 0 Å². The van der Waals surface area contributed by atoms with Gasteiger partial charge in [0.1, 0.15) is 0 Å². The van der Waals surface area contributed by atoms with Crippen molar-refractivity contribution >= 4 is 16.7 Å². The minimum Gasteiger partial charge on any atom is -0.429 e. The van der Waals surface area contributed by atoms with Crippen LogP contribution in [-0.2, 0) is 4.65 Å². The van der Waals surface area contributed by atoms with Gasteiger partial charge in [-0.2, -0.15) is 0 Å². The van der Waals surface area contributed by atoms with Crippen molar-refractivity contribution < 1.29 is 4.65 Å². The highest BCUT2D eigenvalue weighted by molar-refractivity contribution is 7.19. The van der Waals surface area contributed by atoms with Crippen LogP contribution in [-0.4, -0.2) is 24.8 Å². The van der Waals surface area contributed by atoms with Crippen molar-refractivity contribution in [2.24, 2.45) is 0 Å². The van der Waals surface area contributed by atoms with Crippen LogP contribution >= 0.6 is 9.24 Å². The van der Waals surface area contributed by atoms with Crippen LogP contribution in [0.4, 0.5) is 0 Å². The van der Waals surface area contributed by atoms with Crippen molar-refractivity contribution in [1.82, 2.24) is 5.32 Å². The van der Waals surface area contributed by atoms with Crippen molar-refractivity contribution in [3.05, 3.63) is 23.3 Å². The largest absolute Gasteiger partial charge is 0.429 e. The minimum atomic E-state index is -0.216. The average Bonchev–Trinajstić information content (AvgIpc) is 2.38. The molecule has 0 saturated carbocycles.